The summed E-state index contributed by atoms with van der Waals surface area (Å²) >= 11 is 0. The summed E-state index contributed by atoms with van der Waals surface area (Å²) in [7, 11) is 1.45. The van der Waals surface area contributed by atoms with Gasteiger partial charge in [0.25, 0.3) is 5.91 Å². The second-order valence-corrected chi connectivity index (χ2v) is 6.81. The largest absolute Gasteiger partial charge is 0.504 e. The van der Waals surface area contributed by atoms with Crippen LogP contribution in [0.1, 0.15) is 10.4 Å². The van der Waals surface area contributed by atoms with E-state index in [0.29, 0.717) is 22.7 Å². The van der Waals surface area contributed by atoms with Crippen LogP contribution in [0.25, 0.3) is 23.0 Å². The molecule has 1 aromatic heterocycles. The molecular weight excluding hydrogens is 392 g/mol. The van der Waals surface area contributed by atoms with E-state index in [4.69, 9.17) is 4.74 Å². The third kappa shape index (κ3) is 4.04. The van der Waals surface area contributed by atoms with E-state index in [-0.39, 0.29) is 5.75 Å². The first-order valence-electron chi connectivity index (χ1n) is 9.63. The summed E-state index contributed by atoms with van der Waals surface area (Å²) in [5.74, 6) is -0.175. The highest BCUT2D eigenvalue weighted by molar-refractivity contribution is 5.96. The summed E-state index contributed by atoms with van der Waals surface area (Å²) in [6.45, 7) is 0. The van der Waals surface area contributed by atoms with Crippen molar-refractivity contribution in [3.8, 4) is 28.4 Å². The molecule has 3 aromatic carbocycles. The molecule has 0 unspecified atom stereocenters. The number of phenols is 1. The summed E-state index contributed by atoms with van der Waals surface area (Å²) in [5, 5.41) is 9.74. The Morgan fingerprint density at radius 3 is 2.32 bits per heavy atom. The molecule has 31 heavy (non-hydrogen) atoms. The second kappa shape index (κ2) is 8.59. The molecule has 154 valence electrons. The van der Waals surface area contributed by atoms with Crippen molar-refractivity contribution < 1.29 is 14.6 Å². The number of methoxy groups -OCH3 is 1. The normalized spacial score (nSPS) is 11.0. The standard InChI is InChI=1S/C25H20N2O4/c1-31-23-16-18(12-14-22(23)28)13-15-24(29)27-21(19-8-4-2-5-9-19)17-26(25(27)30)20-10-6-3-7-11-20/h2-17,28H,1H3. The van der Waals surface area contributed by atoms with Gasteiger partial charge in [-0.2, -0.15) is 0 Å². The van der Waals surface area contributed by atoms with Crippen LogP contribution in [0, 0.1) is 0 Å². The number of hydrogen-bond donors (Lipinski definition) is 1. The molecule has 4 aromatic rings. The van der Waals surface area contributed by atoms with Gasteiger partial charge in [-0.3, -0.25) is 9.36 Å². The summed E-state index contributed by atoms with van der Waals surface area (Å²) in [6, 6.07) is 23.2. The van der Waals surface area contributed by atoms with Crippen LogP contribution in [-0.4, -0.2) is 27.3 Å². The molecule has 0 bridgehead atoms. The Balaban J connectivity index is 1.78. The van der Waals surface area contributed by atoms with E-state index in [1.165, 1.54) is 23.8 Å². The monoisotopic (exact) mass is 412 g/mol. The van der Waals surface area contributed by atoms with Gasteiger partial charge >= 0.3 is 5.69 Å². The molecular formula is C25H20N2O4. The third-order valence-corrected chi connectivity index (χ3v) is 4.84. The number of hydrogen-bond acceptors (Lipinski definition) is 4. The Morgan fingerprint density at radius 1 is 0.968 bits per heavy atom. The lowest BCUT2D eigenvalue weighted by molar-refractivity contribution is 0.0967. The molecule has 0 atom stereocenters. The summed E-state index contributed by atoms with van der Waals surface area (Å²) in [4.78, 5) is 26.3. The van der Waals surface area contributed by atoms with Gasteiger partial charge in [0, 0.05) is 17.8 Å². The predicted molar refractivity (Wildman–Crippen MR) is 120 cm³/mol. The number of carbonyl (C=O) groups excluding carboxylic acids is 1. The number of benzene rings is 3. The van der Waals surface area contributed by atoms with E-state index in [9.17, 15) is 14.7 Å². The number of ether oxygens (including phenoxy) is 1. The van der Waals surface area contributed by atoms with Crippen LogP contribution in [0.3, 0.4) is 0 Å². The van der Waals surface area contributed by atoms with Gasteiger partial charge in [0.2, 0.25) is 0 Å². The maximum atomic E-state index is 13.2. The minimum atomic E-state index is -0.481. The molecule has 0 aliphatic carbocycles. The van der Waals surface area contributed by atoms with Crippen molar-refractivity contribution >= 4 is 12.0 Å². The van der Waals surface area contributed by atoms with E-state index in [1.54, 1.807) is 24.4 Å². The Kier molecular flexibility index (Phi) is 5.53. The van der Waals surface area contributed by atoms with Crippen molar-refractivity contribution in [1.29, 1.82) is 0 Å². The van der Waals surface area contributed by atoms with Gasteiger partial charge < -0.3 is 9.84 Å². The lowest BCUT2D eigenvalue weighted by atomic mass is 10.1. The predicted octanol–water partition coefficient (Wildman–Crippen LogP) is 4.37. The SMILES string of the molecule is COc1cc(C=CC(=O)n2c(-c3ccccc3)cn(-c3ccccc3)c2=O)ccc1O. The summed E-state index contributed by atoms with van der Waals surface area (Å²) in [6.07, 6.45) is 4.57. The lowest BCUT2D eigenvalue weighted by Crippen LogP contribution is -2.27. The molecule has 4 rings (SSSR count). The van der Waals surface area contributed by atoms with E-state index < -0.39 is 11.6 Å². The Hall–Kier alpha value is -4.32. The first-order chi connectivity index (χ1) is 15.1. The van der Waals surface area contributed by atoms with Crippen LogP contribution in [0.4, 0.5) is 0 Å². The summed E-state index contributed by atoms with van der Waals surface area (Å²) < 4.78 is 7.70. The molecule has 0 amide bonds. The average Bonchev–Trinajstić information content (AvgIpc) is 3.16. The number of imidazole rings is 1. The fraction of sp³-hybridized carbons (Fsp3) is 0.0400. The van der Waals surface area contributed by atoms with E-state index in [2.05, 4.69) is 0 Å². The van der Waals surface area contributed by atoms with Crippen LogP contribution < -0.4 is 10.4 Å². The first kappa shape index (κ1) is 20.0. The number of phenolic OH excluding ortho intramolecular Hbond substituents is 1. The number of para-hydroxylation sites is 1. The van der Waals surface area contributed by atoms with E-state index in [1.807, 2.05) is 60.7 Å². The van der Waals surface area contributed by atoms with Crippen LogP contribution in [0.2, 0.25) is 0 Å². The van der Waals surface area contributed by atoms with Gasteiger partial charge in [-0.1, -0.05) is 54.6 Å². The number of carbonyl (C=O) groups is 1. The molecule has 6 nitrogen and oxygen atoms in total. The van der Waals surface area contributed by atoms with Crippen molar-refractivity contribution in [3.63, 3.8) is 0 Å². The van der Waals surface area contributed by atoms with E-state index in [0.717, 1.165) is 10.1 Å². The highest BCUT2D eigenvalue weighted by atomic mass is 16.5. The van der Waals surface area contributed by atoms with Crippen molar-refractivity contribution in [3.05, 3.63) is 107 Å². The lowest BCUT2D eigenvalue weighted by Gasteiger charge is -2.05. The average molecular weight is 412 g/mol. The molecule has 1 heterocycles. The number of nitrogens with zero attached hydrogens (tertiary/aromatic N) is 2. The van der Waals surface area contributed by atoms with Gasteiger partial charge in [-0.15, -0.1) is 0 Å². The Morgan fingerprint density at radius 2 is 1.65 bits per heavy atom. The number of allylic oxidation sites excluding steroid dienone is 1. The van der Waals surface area contributed by atoms with Crippen LogP contribution in [0.15, 0.2) is 95.9 Å². The number of rotatable bonds is 5. The first-order valence-corrected chi connectivity index (χ1v) is 9.63. The third-order valence-electron chi connectivity index (χ3n) is 4.84. The van der Waals surface area contributed by atoms with E-state index >= 15 is 0 Å². The molecule has 0 aliphatic heterocycles. The molecule has 0 radical (unpaired) electrons. The molecule has 0 saturated carbocycles. The Bertz CT molecular complexity index is 1300. The number of aromatic nitrogens is 2. The number of aromatic hydroxyl groups is 1. The maximum absolute atomic E-state index is 13.2. The van der Waals surface area contributed by atoms with Crippen molar-refractivity contribution in [2.45, 2.75) is 0 Å². The fourth-order valence-corrected chi connectivity index (χ4v) is 3.29. The minimum absolute atomic E-state index is 0.00787. The van der Waals surface area contributed by atoms with Crippen molar-refractivity contribution in [1.82, 2.24) is 9.13 Å². The molecule has 0 spiro atoms. The smallest absolute Gasteiger partial charge is 0.340 e. The zero-order valence-corrected chi connectivity index (χ0v) is 16.8. The molecule has 6 heteroatoms. The summed E-state index contributed by atoms with van der Waals surface area (Å²) in [5.41, 5.74) is 2.11. The molecule has 1 N–H and O–H groups in total. The van der Waals surface area contributed by atoms with Gasteiger partial charge in [0.15, 0.2) is 11.5 Å². The van der Waals surface area contributed by atoms with Gasteiger partial charge in [-0.05, 0) is 35.9 Å². The minimum Gasteiger partial charge on any atom is -0.504 e. The molecule has 0 aliphatic rings. The quantitative estimate of drug-likeness (QED) is 0.494. The van der Waals surface area contributed by atoms with Crippen LogP contribution in [-0.2, 0) is 0 Å². The van der Waals surface area contributed by atoms with Crippen molar-refractivity contribution in [2.24, 2.45) is 0 Å². The molecule has 0 saturated heterocycles. The Labute approximate surface area is 178 Å². The zero-order chi connectivity index (χ0) is 21.8. The second-order valence-electron chi connectivity index (χ2n) is 6.81. The van der Waals surface area contributed by atoms with Gasteiger partial charge in [-0.25, -0.2) is 9.36 Å². The fourth-order valence-electron chi connectivity index (χ4n) is 3.29. The van der Waals surface area contributed by atoms with Crippen LogP contribution >= 0.6 is 0 Å². The van der Waals surface area contributed by atoms with Gasteiger partial charge in [0.1, 0.15) is 0 Å². The maximum Gasteiger partial charge on any atom is 0.340 e. The zero-order valence-electron chi connectivity index (χ0n) is 16.8. The van der Waals surface area contributed by atoms with Gasteiger partial charge in [0.05, 0.1) is 18.5 Å². The molecule has 0 fully saturated rings. The van der Waals surface area contributed by atoms with Crippen molar-refractivity contribution in [2.75, 3.05) is 7.11 Å². The topological polar surface area (TPSA) is 73.5 Å². The van der Waals surface area contributed by atoms with Crippen LogP contribution in [0.5, 0.6) is 11.5 Å². The highest BCUT2D eigenvalue weighted by Crippen LogP contribution is 2.27. The highest BCUT2D eigenvalue weighted by Gasteiger charge is 2.18.